The van der Waals surface area contributed by atoms with Crippen LogP contribution in [-0.4, -0.2) is 47.7 Å². The molecule has 1 aliphatic heterocycles. The topological polar surface area (TPSA) is 66.8 Å². The van der Waals surface area contributed by atoms with E-state index < -0.39 is 5.97 Å². The Labute approximate surface area is 124 Å². The molecular weight excluding hydrogens is 270 g/mol. The summed E-state index contributed by atoms with van der Waals surface area (Å²) >= 11 is 0. The van der Waals surface area contributed by atoms with Crippen molar-refractivity contribution in [3.8, 4) is 0 Å². The summed E-state index contributed by atoms with van der Waals surface area (Å²) in [5.41, 5.74) is 1.72. The lowest BCUT2D eigenvalue weighted by atomic mass is 9.96. The molecule has 0 radical (unpaired) electrons. The fraction of sp³-hybridized carbons (Fsp3) is 0.500. The molecule has 2 rings (SSSR count). The fourth-order valence-corrected chi connectivity index (χ4v) is 2.67. The molecule has 21 heavy (non-hydrogen) atoms. The van der Waals surface area contributed by atoms with E-state index in [4.69, 9.17) is 4.74 Å². The Morgan fingerprint density at radius 3 is 2.48 bits per heavy atom. The first-order valence-corrected chi connectivity index (χ1v) is 7.20. The number of aryl methyl sites for hydroxylation is 2. The lowest BCUT2D eigenvalue weighted by molar-refractivity contribution is -0.0227. The Balaban J connectivity index is 2.39. The molecule has 114 valence electrons. The molecule has 1 atom stereocenters. The molecule has 5 heteroatoms. The average molecular weight is 291 g/mol. The monoisotopic (exact) mass is 291 g/mol. The van der Waals surface area contributed by atoms with E-state index in [9.17, 15) is 14.7 Å². The minimum atomic E-state index is -1.06. The van der Waals surface area contributed by atoms with Crippen LogP contribution in [0.1, 0.15) is 45.2 Å². The lowest BCUT2D eigenvalue weighted by Gasteiger charge is -2.33. The Hall–Kier alpha value is -1.88. The number of morpholine rings is 1. The standard InChI is InChI=1S/C16H21NO4/c1-4-12-9-17(7-8-21-12)15(18)13-10(2)5-6-11(3)14(13)16(19)20/h5-6,12H,4,7-9H2,1-3H3,(H,19,20). The summed E-state index contributed by atoms with van der Waals surface area (Å²) in [5, 5.41) is 9.42. The normalized spacial score (nSPS) is 18.6. The van der Waals surface area contributed by atoms with Crippen LogP contribution >= 0.6 is 0 Å². The summed E-state index contributed by atoms with van der Waals surface area (Å²) in [5.74, 6) is -1.27. The van der Waals surface area contributed by atoms with E-state index in [-0.39, 0.29) is 17.6 Å². The maximum atomic E-state index is 12.8. The Bertz CT molecular complexity index is 568. The van der Waals surface area contributed by atoms with Crippen molar-refractivity contribution in [2.24, 2.45) is 0 Å². The van der Waals surface area contributed by atoms with Crippen molar-refractivity contribution in [1.29, 1.82) is 0 Å². The minimum Gasteiger partial charge on any atom is -0.478 e. The van der Waals surface area contributed by atoms with Gasteiger partial charge in [0.1, 0.15) is 0 Å². The third-order valence-electron chi connectivity index (χ3n) is 3.93. The van der Waals surface area contributed by atoms with Crippen molar-refractivity contribution in [2.75, 3.05) is 19.7 Å². The van der Waals surface area contributed by atoms with Crippen LogP contribution in [0.2, 0.25) is 0 Å². The summed E-state index contributed by atoms with van der Waals surface area (Å²) in [6.07, 6.45) is 0.864. The van der Waals surface area contributed by atoms with Gasteiger partial charge >= 0.3 is 5.97 Å². The second-order valence-corrected chi connectivity index (χ2v) is 5.41. The molecule has 0 aliphatic carbocycles. The number of carboxylic acid groups (broad SMARTS) is 1. The highest BCUT2D eigenvalue weighted by molar-refractivity contribution is 6.06. The Morgan fingerprint density at radius 2 is 1.90 bits per heavy atom. The van der Waals surface area contributed by atoms with E-state index in [1.165, 1.54) is 0 Å². The number of carboxylic acids is 1. The zero-order valence-corrected chi connectivity index (χ0v) is 12.7. The van der Waals surface area contributed by atoms with Crippen LogP contribution in [0, 0.1) is 13.8 Å². The van der Waals surface area contributed by atoms with Crippen LogP contribution in [-0.2, 0) is 4.74 Å². The second kappa shape index (κ2) is 6.26. The van der Waals surface area contributed by atoms with Gasteiger partial charge in [-0.1, -0.05) is 19.1 Å². The third kappa shape index (κ3) is 3.08. The lowest BCUT2D eigenvalue weighted by Crippen LogP contribution is -2.46. The number of rotatable bonds is 3. The zero-order valence-electron chi connectivity index (χ0n) is 12.7. The number of hydrogen-bond donors (Lipinski definition) is 1. The molecule has 0 aromatic heterocycles. The van der Waals surface area contributed by atoms with Gasteiger partial charge < -0.3 is 14.7 Å². The van der Waals surface area contributed by atoms with E-state index in [1.807, 2.05) is 6.92 Å². The van der Waals surface area contributed by atoms with Crippen LogP contribution < -0.4 is 0 Å². The number of carbonyl (C=O) groups is 2. The molecule has 5 nitrogen and oxygen atoms in total. The highest BCUT2D eigenvalue weighted by atomic mass is 16.5. The van der Waals surface area contributed by atoms with Gasteiger partial charge in [0.25, 0.3) is 5.91 Å². The van der Waals surface area contributed by atoms with E-state index >= 15 is 0 Å². The second-order valence-electron chi connectivity index (χ2n) is 5.41. The predicted molar refractivity (Wildman–Crippen MR) is 78.8 cm³/mol. The molecule has 0 saturated carbocycles. The van der Waals surface area contributed by atoms with Crippen molar-refractivity contribution in [3.05, 3.63) is 34.4 Å². The van der Waals surface area contributed by atoms with Gasteiger partial charge in [-0.25, -0.2) is 4.79 Å². The quantitative estimate of drug-likeness (QED) is 0.927. The number of benzene rings is 1. The summed E-state index contributed by atoms with van der Waals surface area (Å²) in [6, 6.07) is 3.54. The van der Waals surface area contributed by atoms with Gasteiger partial charge in [-0.2, -0.15) is 0 Å². The number of aromatic carboxylic acids is 1. The molecule has 1 aliphatic rings. The maximum absolute atomic E-state index is 12.8. The van der Waals surface area contributed by atoms with Gasteiger partial charge in [0.2, 0.25) is 0 Å². The molecule has 0 spiro atoms. The zero-order chi connectivity index (χ0) is 15.6. The third-order valence-corrected chi connectivity index (χ3v) is 3.93. The summed E-state index contributed by atoms with van der Waals surface area (Å²) in [6.45, 7) is 7.02. The van der Waals surface area contributed by atoms with Gasteiger partial charge in [0, 0.05) is 13.1 Å². The number of nitrogens with zero attached hydrogens (tertiary/aromatic N) is 1. The molecular formula is C16H21NO4. The van der Waals surface area contributed by atoms with Crippen LogP contribution in [0.15, 0.2) is 12.1 Å². The van der Waals surface area contributed by atoms with E-state index in [0.29, 0.717) is 36.4 Å². The average Bonchev–Trinajstić information content (AvgIpc) is 2.48. The minimum absolute atomic E-state index is 0.0288. The predicted octanol–water partition coefficient (Wildman–Crippen LogP) is 2.25. The Morgan fingerprint density at radius 1 is 1.29 bits per heavy atom. The number of carbonyl (C=O) groups excluding carboxylic acids is 1. The number of ether oxygens (including phenoxy) is 1. The summed E-state index contributed by atoms with van der Waals surface area (Å²) in [4.78, 5) is 26.0. The van der Waals surface area contributed by atoms with Gasteiger partial charge in [-0.15, -0.1) is 0 Å². The van der Waals surface area contributed by atoms with Crippen LogP contribution in [0.4, 0.5) is 0 Å². The smallest absolute Gasteiger partial charge is 0.336 e. The van der Waals surface area contributed by atoms with Crippen LogP contribution in [0.5, 0.6) is 0 Å². The summed E-state index contributed by atoms with van der Waals surface area (Å²) < 4.78 is 5.56. The summed E-state index contributed by atoms with van der Waals surface area (Å²) in [7, 11) is 0. The maximum Gasteiger partial charge on any atom is 0.336 e. The van der Waals surface area contributed by atoms with Crippen molar-refractivity contribution in [1.82, 2.24) is 4.90 Å². The number of hydrogen-bond acceptors (Lipinski definition) is 3. The molecule has 0 bridgehead atoms. The highest BCUT2D eigenvalue weighted by Gasteiger charge is 2.28. The fourth-order valence-electron chi connectivity index (χ4n) is 2.67. The molecule has 1 aromatic carbocycles. The first-order valence-electron chi connectivity index (χ1n) is 7.20. The van der Waals surface area contributed by atoms with E-state index in [0.717, 1.165) is 6.42 Å². The van der Waals surface area contributed by atoms with Gasteiger partial charge in [0.15, 0.2) is 0 Å². The van der Waals surface area contributed by atoms with Gasteiger partial charge in [0.05, 0.1) is 23.8 Å². The first-order chi connectivity index (χ1) is 9.95. The molecule has 1 amide bonds. The molecule has 1 unspecified atom stereocenters. The highest BCUT2D eigenvalue weighted by Crippen LogP contribution is 2.22. The molecule has 1 saturated heterocycles. The van der Waals surface area contributed by atoms with Crippen molar-refractivity contribution in [3.63, 3.8) is 0 Å². The van der Waals surface area contributed by atoms with E-state index in [2.05, 4.69) is 0 Å². The Kier molecular flexibility index (Phi) is 4.63. The van der Waals surface area contributed by atoms with E-state index in [1.54, 1.807) is 30.9 Å². The van der Waals surface area contributed by atoms with Crippen LogP contribution in [0.3, 0.4) is 0 Å². The molecule has 1 aromatic rings. The molecule has 1 heterocycles. The molecule has 1 fully saturated rings. The first kappa shape index (κ1) is 15.5. The van der Waals surface area contributed by atoms with Crippen molar-refractivity contribution in [2.45, 2.75) is 33.3 Å². The SMILES string of the molecule is CCC1CN(C(=O)c2c(C)ccc(C)c2C(=O)O)CCO1. The van der Waals surface area contributed by atoms with Gasteiger partial charge in [-0.3, -0.25) is 4.79 Å². The van der Waals surface area contributed by atoms with Crippen molar-refractivity contribution >= 4 is 11.9 Å². The van der Waals surface area contributed by atoms with Crippen molar-refractivity contribution < 1.29 is 19.4 Å². The van der Waals surface area contributed by atoms with Crippen LogP contribution in [0.25, 0.3) is 0 Å². The largest absolute Gasteiger partial charge is 0.478 e. The van der Waals surface area contributed by atoms with Gasteiger partial charge in [-0.05, 0) is 31.4 Å². The molecule has 1 N–H and O–H groups in total. The number of amides is 1.